The van der Waals surface area contributed by atoms with Crippen LogP contribution in [0.1, 0.15) is 18.1 Å². The first-order valence-corrected chi connectivity index (χ1v) is 6.88. The number of nitrogens with one attached hydrogen (secondary N) is 1. The molecular weight excluding hydrogens is 234 g/mol. The number of thioether (sulfide) groups is 1. The van der Waals surface area contributed by atoms with Gasteiger partial charge in [0, 0.05) is 17.2 Å². The zero-order valence-corrected chi connectivity index (χ0v) is 11.3. The first-order chi connectivity index (χ1) is 8.17. The fourth-order valence-electron chi connectivity index (χ4n) is 1.49. The minimum absolute atomic E-state index is 0.176. The summed E-state index contributed by atoms with van der Waals surface area (Å²) in [7, 11) is 0. The largest absolute Gasteiger partial charge is 0.394 e. The molecule has 1 unspecified atom stereocenters. The summed E-state index contributed by atoms with van der Waals surface area (Å²) in [4.78, 5) is 1.16. The molecule has 0 aliphatic heterocycles. The van der Waals surface area contributed by atoms with E-state index < -0.39 is 6.10 Å². The van der Waals surface area contributed by atoms with Crippen molar-refractivity contribution in [3.05, 3.63) is 29.3 Å². The van der Waals surface area contributed by atoms with Crippen molar-refractivity contribution < 1.29 is 10.2 Å². The number of rotatable bonds is 7. The molecule has 1 aromatic carbocycles. The highest BCUT2D eigenvalue weighted by Gasteiger charge is 2.05. The van der Waals surface area contributed by atoms with Crippen LogP contribution in [-0.4, -0.2) is 35.2 Å². The molecule has 0 aromatic heterocycles. The summed E-state index contributed by atoms with van der Waals surface area (Å²) < 4.78 is 0. The molecule has 0 radical (unpaired) electrons. The highest BCUT2D eigenvalue weighted by Crippen LogP contribution is 2.23. The van der Waals surface area contributed by atoms with Gasteiger partial charge in [-0.25, -0.2) is 0 Å². The number of benzene rings is 1. The molecule has 0 spiro atoms. The maximum Gasteiger partial charge on any atom is 0.0864 e. The predicted molar refractivity (Wildman–Crippen MR) is 72.4 cm³/mol. The molecule has 1 aromatic rings. The number of hydrogen-bond acceptors (Lipinski definition) is 4. The third-order valence-corrected chi connectivity index (χ3v) is 3.78. The summed E-state index contributed by atoms with van der Waals surface area (Å²) in [6.45, 7) is 5.85. The molecule has 0 saturated carbocycles. The van der Waals surface area contributed by atoms with Crippen molar-refractivity contribution in [2.24, 2.45) is 0 Å². The van der Waals surface area contributed by atoms with Crippen molar-refractivity contribution in [2.45, 2.75) is 31.4 Å². The number of hydrogen-bond donors (Lipinski definition) is 3. The number of aliphatic hydroxyl groups excluding tert-OH is 2. The average Bonchev–Trinajstić information content (AvgIpc) is 2.34. The van der Waals surface area contributed by atoms with Crippen LogP contribution in [-0.2, 0) is 6.54 Å². The zero-order valence-electron chi connectivity index (χ0n) is 10.4. The summed E-state index contributed by atoms with van der Waals surface area (Å²) in [5, 5.41) is 21.3. The summed E-state index contributed by atoms with van der Waals surface area (Å²) in [5.74, 6) is 0.532. The highest BCUT2D eigenvalue weighted by molar-refractivity contribution is 7.99. The van der Waals surface area contributed by atoms with Gasteiger partial charge < -0.3 is 15.5 Å². The van der Waals surface area contributed by atoms with E-state index in [1.807, 2.05) is 0 Å². The van der Waals surface area contributed by atoms with E-state index in [0.29, 0.717) is 5.75 Å². The molecule has 4 heteroatoms. The Labute approximate surface area is 107 Å². The minimum atomic E-state index is -0.638. The molecule has 0 aliphatic rings. The van der Waals surface area contributed by atoms with Gasteiger partial charge in [0.2, 0.25) is 0 Å². The van der Waals surface area contributed by atoms with Gasteiger partial charge >= 0.3 is 0 Å². The van der Waals surface area contributed by atoms with Gasteiger partial charge in [-0.1, -0.05) is 19.1 Å². The molecule has 3 nitrogen and oxygen atoms in total. The third-order valence-electron chi connectivity index (χ3n) is 2.46. The van der Waals surface area contributed by atoms with Crippen LogP contribution in [0, 0.1) is 6.92 Å². The van der Waals surface area contributed by atoms with Crippen molar-refractivity contribution >= 4 is 11.8 Å². The lowest BCUT2D eigenvalue weighted by Crippen LogP contribution is -2.14. The molecule has 1 atom stereocenters. The molecule has 0 heterocycles. The van der Waals surface area contributed by atoms with Crippen molar-refractivity contribution in [1.82, 2.24) is 5.32 Å². The third kappa shape index (κ3) is 5.08. The lowest BCUT2D eigenvalue weighted by Gasteiger charge is -2.10. The minimum Gasteiger partial charge on any atom is -0.394 e. The normalized spacial score (nSPS) is 12.7. The van der Waals surface area contributed by atoms with E-state index in [-0.39, 0.29) is 6.61 Å². The van der Waals surface area contributed by atoms with Crippen LogP contribution >= 0.6 is 11.8 Å². The van der Waals surface area contributed by atoms with Crippen molar-refractivity contribution in [3.63, 3.8) is 0 Å². The summed E-state index contributed by atoms with van der Waals surface area (Å²) >= 11 is 1.58. The van der Waals surface area contributed by atoms with Gasteiger partial charge in [-0.3, -0.25) is 0 Å². The van der Waals surface area contributed by atoms with Crippen molar-refractivity contribution in [1.29, 1.82) is 0 Å². The molecule has 0 fully saturated rings. The van der Waals surface area contributed by atoms with E-state index in [1.165, 1.54) is 11.1 Å². The molecule has 96 valence electrons. The van der Waals surface area contributed by atoms with Gasteiger partial charge in [0.05, 0.1) is 12.7 Å². The first kappa shape index (κ1) is 14.5. The topological polar surface area (TPSA) is 52.5 Å². The van der Waals surface area contributed by atoms with Crippen LogP contribution in [0.15, 0.2) is 23.1 Å². The van der Waals surface area contributed by atoms with Gasteiger partial charge in [-0.15, -0.1) is 11.8 Å². The standard InChI is InChI=1S/C13H21NO2S/c1-3-14-7-11-4-5-13(10(2)6-11)17-9-12(16)8-15/h4-6,12,14-16H,3,7-9H2,1-2H3. The molecule has 0 aliphatic carbocycles. The second-order valence-electron chi connectivity index (χ2n) is 4.03. The Morgan fingerprint density at radius 2 is 2.18 bits per heavy atom. The Morgan fingerprint density at radius 1 is 1.41 bits per heavy atom. The van der Waals surface area contributed by atoms with Crippen LogP contribution in [0.4, 0.5) is 0 Å². The average molecular weight is 255 g/mol. The smallest absolute Gasteiger partial charge is 0.0864 e. The summed E-state index contributed by atoms with van der Waals surface area (Å²) in [6, 6.07) is 6.34. The summed E-state index contributed by atoms with van der Waals surface area (Å²) in [6.07, 6.45) is -0.638. The zero-order chi connectivity index (χ0) is 12.7. The lowest BCUT2D eigenvalue weighted by molar-refractivity contribution is 0.113. The van der Waals surface area contributed by atoms with Crippen LogP contribution < -0.4 is 5.32 Å². The SMILES string of the molecule is CCNCc1ccc(SCC(O)CO)c(C)c1. The Hall–Kier alpha value is -0.550. The van der Waals surface area contributed by atoms with E-state index in [0.717, 1.165) is 18.0 Å². The van der Waals surface area contributed by atoms with Gasteiger partial charge in [0.1, 0.15) is 0 Å². The van der Waals surface area contributed by atoms with E-state index in [9.17, 15) is 5.11 Å². The number of aliphatic hydroxyl groups is 2. The Bertz CT molecular complexity index is 344. The van der Waals surface area contributed by atoms with Crippen LogP contribution in [0.5, 0.6) is 0 Å². The second kappa shape index (κ2) is 7.71. The van der Waals surface area contributed by atoms with E-state index in [1.54, 1.807) is 11.8 Å². The van der Waals surface area contributed by atoms with Crippen molar-refractivity contribution in [3.8, 4) is 0 Å². The molecule has 17 heavy (non-hydrogen) atoms. The van der Waals surface area contributed by atoms with Gasteiger partial charge in [0.25, 0.3) is 0 Å². The van der Waals surface area contributed by atoms with Gasteiger partial charge in [-0.05, 0) is 30.7 Å². The molecule has 0 saturated heterocycles. The molecule has 0 amide bonds. The molecule has 0 bridgehead atoms. The number of aryl methyl sites for hydroxylation is 1. The van der Waals surface area contributed by atoms with E-state index in [4.69, 9.17) is 5.11 Å². The molecule has 3 N–H and O–H groups in total. The van der Waals surface area contributed by atoms with E-state index in [2.05, 4.69) is 37.4 Å². The maximum atomic E-state index is 9.30. The Morgan fingerprint density at radius 3 is 2.76 bits per heavy atom. The van der Waals surface area contributed by atoms with Crippen LogP contribution in [0.25, 0.3) is 0 Å². The van der Waals surface area contributed by atoms with Crippen LogP contribution in [0.3, 0.4) is 0 Å². The summed E-state index contributed by atoms with van der Waals surface area (Å²) in [5.41, 5.74) is 2.49. The molecular formula is C13H21NO2S. The van der Waals surface area contributed by atoms with Crippen molar-refractivity contribution in [2.75, 3.05) is 18.9 Å². The van der Waals surface area contributed by atoms with E-state index >= 15 is 0 Å². The molecule has 1 rings (SSSR count). The quantitative estimate of drug-likeness (QED) is 0.647. The monoisotopic (exact) mass is 255 g/mol. The van der Waals surface area contributed by atoms with Gasteiger partial charge in [0.15, 0.2) is 0 Å². The highest BCUT2D eigenvalue weighted by atomic mass is 32.2. The first-order valence-electron chi connectivity index (χ1n) is 5.89. The van der Waals surface area contributed by atoms with Gasteiger partial charge in [-0.2, -0.15) is 0 Å². The Kier molecular flexibility index (Phi) is 6.58. The second-order valence-corrected chi connectivity index (χ2v) is 5.09. The lowest BCUT2D eigenvalue weighted by atomic mass is 10.1. The van der Waals surface area contributed by atoms with Crippen LogP contribution in [0.2, 0.25) is 0 Å². The maximum absolute atomic E-state index is 9.30. The fourth-order valence-corrected chi connectivity index (χ4v) is 2.42. The fraction of sp³-hybridized carbons (Fsp3) is 0.538. The Balaban J connectivity index is 2.56. The predicted octanol–water partition coefficient (Wildman–Crippen LogP) is 1.55.